The van der Waals surface area contributed by atoms with Gasteiger partial charge in [0.1, 0.15) is 6.04 Å². The van der Waals surface area contributed by atoms with Crippen LogP contribution in [0, 0.1) is 0 Å². The van der Waals surface area contributed by atoms with Crippen molar-refractivity contribution < 1.29 is 9.69 Å². The number of hydrogen-bond donors (Lipinski definition) is 2. The number of nitrogens with zero attached hydrogens (tertiary/aromatic N) is 3. The highest BCUT2D eigenvalue weighted by Crippen LogP contribution is 2.26. The average Bonchev–Trinajstić information content (AvgIpc) is 3.11. The van der Waals surface area contributed by atoms with Crippen LogP contribution < -0.4 is 10.2 Å². The van der Waals surface area contributed by atoms with Crippen molar-refractivity contribution in [3.8, 4) is 0 Å². The van der Waals surface area contributed by atoms with Crippen LogP contribution in [0.2, 0.25) is 0 Å². The van der Waals surface area contributed by atoms with Crippen molar-refractivity contribution in [2.24, 2.45) is 0 Å². The number of rotatable bonds is 9. The fraction of sp³-hybridized carbons (Fsp3) is 0.609. The van der Waals surface area contributed by atoms with E-state index in [1.165, 1.54) is 41.5 Å². The topological polar surface area (TPSA) is 64.2 Å². The lowest BCUT2D eigenvalue weighted by Gasteiger charge is -2.24. The number of carbonyl (C=O) groups is 1. The van der Waals surface area contributed by atoms with Gasteiger partial charge in [0.25, 0.3) is 0 Å². The van der Waals surface area contributed by atoms with E-state index < -0.39 is 0 Å². The second-order valence-electron chi connectivity index (χ2n) is 8.55. The minimum Gasteiger partial charge on any atom is -0.352 e. The molecule has 3 rings (SSSR count). The lowest BCUT2D eigenvalue weighted by atomic mass is 9.95. The zero-order valence-corrected chi connectivity index (χ0v) is 19.5. The molecule has 0 radical (unpaired) electrons. The van der Waals surface area contributed by atoms with Gasteiger partial charge in [-0.05, 0) is 25.3 Å². The van der Waals surface area contributed by atoms with E-state index in [9.17, 15) is 4.79 Å². The van der Waals surface area contributed by atoms with Gasteiger partial charge in [0.2, 0.25) is 5.91 Å². The molecule has 0 spiro atoms. The van der Waals surface area contributed by atoms with Gasteiger partial charge in [-0.15, -0.1) is 10.2 Å². The van der Waals surface area contributed by atoms with Gasteiger partial charge in [-0.25, -0.2) is 0 Å². The Kier molecular flexibility index (Phi) is 8.33. The molecule has 0 aliphatic heterocycles. The zero-order chi connectivity index (χ0) is 21.5. The number of quaternary nitrogens is 1. The van der Waals surface area contributed by atoms with Crippen molar-refractivity contribution in [3.63, 3.8) is 0 Å². The minimum absolute atomic E-state index is 0.105. The molecular formula is C23H36N5OS+. The molecule has 7 heteroatoms. The molecule has 0 unspecified atom stereocenters. The molecule has 2 aromatic rings. The molecule has 1 aromatic heterocycles. The molecule has 164 valence electrons. The standard InChI is InChI=1S/C23H35N5OS/c1-5-20(27(3)4)21-25-26-23(28(21)16-18-12-8-6-9-13-18)30-17(2)22(29)24-19-14-10-7-11-15-19/h6,8-9,12-13,17,19-20H,5,7,10-11,14-16H2,1-4H3,(H,24,29)/p+1/t17-,20-/m1/s1. The summed E-state index contributed by atoms with van der Waals surface area (Å²) in [6.45, 7) is 4.87. The second-order valence-corrected chi connectivity index (χ2v) is 9.86. The molecule has 2 atom stereocenters. The highest BCUT2D eigenvalue weighted by atomic mass is 32.2. The van der Waals surface area contributed by atoms with Crippen molar-refractivity contribution in [1.29, 1.82) is 0 Å². The number of thioether (sulfide) groups is 1. The zero-order valence-electron chi connectivity index (χ0n) is 18.7. The van der Waals surface area contributed by atoms with Crippen LogP contribution in [0.25, 0.3) is 0 Å². The Balaban J connectivity index is 1.78. The van der Waals surface area contributed by atoms with E-state index in [0.717, 1.165) is 30.2 Å². The SMILES string of the molecule is CC[C@H](c1nnc(S[C@H](C)C(=O)NC2CCCCC2)n1Cc1ccccc1)[NH+](C)C. The number of hydrogen-bond acceptors (Lipinski definition) is 4. The van der Waals surface area contributed by atoms with E-state index >= 15 is 0 Å². The molecule has 30 heavy (non-hydrogen) atoms. The summed E-state index contributed by atoms with van der Waals surface area (Å²) in [7, 11) is 4.31. The van der Waals surface area contributed by atoms with Gasteiger partial charge in [-0.3, -0.25) is 9.36 Å². The predicted octanol–water partition coefficient (Wildman–Crippen LogP) is 2.85. The highest BCUT2D eigenvalue weighted by molar-refractivity contribution is 8.00. The molecule has 2 N–H and O–H groups in total. The summed E-state index contributed by atoms with van der Waals surface area (Å²) < 4.78 is 2.20. The summed E-state index contributed by atoms with van der Waals surface area (Å²) in [5, 5.41) is 12.9. The fourth-order valence-electron chi connectivity index (χ4n) is 4.19. The normalized spacial score (nSPS) is 17.1. The molecule has 1 aliphatic rings. The van der Waals surface area contributed by atoms with Crippen molar-refractivity contribution in [3.05, 3.63) is 41.7 Å². The third kappa shape index (κ3) is 5.85. The van der Waals surface area contributed by atoms with Crippen LogP contribution in [0.4, 0.5) is 0 Å². The van der Waals surface area contributed by atoms with Crippen LogP contribution in [0.3, 0.4) is 0 Å². The summed E-state index contributed by atoms with van der Waals surface area (Å²) >= 11 is 1.51. The first kappa shape index (κ1) is 22.8. The monoisotopic (exact) mass is 430 g/mol. The van der Waals surface area contributed by atoms with E-state index in [1.54, 1.807) is 0 Å². The number of benzene rings is 1. The summed E-state index contributed by atoms with van der Waals surface area (Å²) in [6.07, 6.45) is 6.90. The average molecular weight is 431 g/mol. The maximum Gasteiger partial charge on any atom is 0.233 e. The van der Waals surface area contributed by atoms with E-state index in [2.05, 4.69) is 65.4 Å². The van der Waals surface area contributed by atoms with E-state index in [0.29, 0.717) is 12.6 Å². The van der Waals surface area contributed by atoms with Crippen molar-refractivity contribution in [1.82, 2.24) is 20.1 Å². The third-order valence-corrected chi connectivity index (χ3v) is 7.03. The van der Waals surface area contributed by atoms with Crippen LogP contribution in [0.5, 0.6) is 0 Å². The third-order valence-electron chi connectivity index (χ3n) is 5.95. The predicted molar refractivity (Wildman–Crippen MR) is 122 cm³/mol. The van der Waals surface area contributed by atoms with Gasteiger partial charge in [0, 0.05) is 12.5 Å². The second kappa shape index (κ2) is 11.0. The van der Waals surface area contributed by atoms with Gasteiger partial charge in [0.15, 0.2) is 11.0 Å². The Morgan fingerprint density at radius 3 is 2.53 bits per heavy atom. The number of nitrogens with one attached hydrogen (secondary N) is 2. The van der Waals surface area contributed by atoms with Crippen molar-refractivity contribution in [2.75, 3.05) is 14.1 Å². The maximum atomic E-state index is 12.8. The molecule has 1 aromatic carbocycles. The largest absolute Gasteiger partial charge is 0.352 e. The molecule has 0 bridgehead atoms. The number of amides is 1. The van der Waals surface area contributed by atoms with Gasteiger partial charge in [-0.2, -0.15) is 0 Å². The van der Waals surface area contributed by atoms with Gasteiger partial charge < -0.3 is 10.2 Å². The summed E-state index contributed by atoms with van der Waals surface area (Å²) in [4.78, 5) is 14.1. The van der Waals surface area contributed by atoms with Crippen molar-refractivity contribution in [2.45, 2.75) is 81.4 Å². The molecular weight excluding hydrogens is 394 g/mol. The lowest BCUT2D eigenvalue weighted by Crippen LogP contribution is -3.06. The Morgan fingerprint density at radius 2 is 1.90 bits per heavy atom. The Morgan fingerprint density at radius 1 is 1.20 bits per heavy atom. The molecule has 1 aliphatic carbocycles. The molecule has 1 amide bonds. The van der Waals surface area contributed by atoms with Crippen LogP contribution in [0.15, 0.2) is 35.5 Å². The van der Waals surface area contributed by atoms with Gasteiger partial charge in [-0.1, -0.05) is 68.3 Å². The van der Waals surface area contributed by atoms with E-state index in [-0.39, 0.29) is 17.2 Å². The van der Waals surface area contributed by atoms with Crippen LogP contribution in [-0.2, 0) is 11.3 Å². The van der Waals surface area contributed by atoms with Crippen molar-refractivity contribution >= 4 is 17.7 Å². The minimum atomic E-state index is -0.203. The number of carbonyl (C=O) groups excluding carboxylic acids is 1. The van der Waals surface area contributed by atoms with Gasteiger partial charge in [0.05, 0.1) is 25.9 Å². The maximum absolute atomic E-state index is 12.8. The first-order valence-electron chi connectivity index (χ1n) is 11.2. The van der Waals surface area contributed by atoms with Crippen LogP contribution in [0.1, 0.15) is 69.8 Å². The van der Waals surface area contributed by atoms with Gasteiger partial charge >= 0.3 is 0 Å². The summed E-state index contributed by atoms with van der Waals surface area (Å²) in [6, 6.07) is 11.0. The molecule has 6 nitrogen and oxygen atoms in total. The Bertz CT molecular complexity index is 801. The Labute approximate surface area is 184 Å². The first-order valence-corrected chi connectivity index (χ1v) is 12.1. The molecule has 1 heterocycles. The number of aromatic nitrogens is 3. The smallest absolute Gasteiger partial charge is 0.233 e. The molecule has 1 fully saturated rings. The first-order chi connectivity index (χ1) is 14.5. The lowest BCUT2D eigenvalue weighted by molar-refractivity contribution is -0.893. The fourth-order valence-corrected chi connectivity index (χ4v) is 5.05. The van der Waals surface area contributed by atoms with E-state index in [1.807, 2.05) is 13.0 Å². The van der Waals surface area contributed by atoms with Crippen LogP contribution >= 0.6 is 11.8 Å². The summed E-state index contributed by atoms with van der Waals surface area (Å²) in [5.74, 6) is 1.09. The molecule has 1 saturated carbocycles. The van der Waals surface area contributed by atoms with Crippen LogP contribution in [-0.4, -0.2) is 46.1 Å². The molecule has 0 saturated heterocycles. The van der Waals surface area contributed by atoms with E-state index in [4.69, 9.17) is 0 Å². The Hall–Kier alpha value is -1.86. The quantitative estimate of drug-likeness (QED) is 0.601. The summed E-state index contributed by atoms with van der Waals surface area (Å²) in [5.41, 5.74) is 1.21. The highest BCUT2D eigenvalue weighted by Gasteiger charge is 2.27.